The maximum atomic E-state index is 12.5. The molecule has 30 heavy (non-hydrogen) atoms. The quantitative estimate of drug-likeness (QED) is 0.631. The van der Waals surface area contributed by atoms with Gasteiger partial charge < -0.3 is 19.3 Å². The smallest absolute Gasteiger partial charge is 0.231 e. The minimum absolute atomic E-state index is 0.138. The number of amides is 1. The zero-order valence-corrected chi connectivity index (χ0v) is 17.6. The Bertz CT molecular complexity index is 875. The molecule has 0 aromatic heterocycles. The second-order valence-corrected chi connectivity index (χ2v) is 8.01. The van der Waals surface area contributed by atoms with E-state index in [0.717, 1.165) is 49.5 Å². The Hall–Kier alpha value is -2.95. The third-order valence-electron chi connectivity index (χ3n) is 5.86. The minimum atomic E-state index is 0.138. The number of para-hydroxylation sites is 1. The Labute approximate surface area is 178 Å². The molecule has 2 heterocycles. The van der Waals surface area contributed by atoms with Crippen molar-refractivity contribution in [2.24, 2.45) is 0 Å². The van der Waals surface area contributed by atoms with Gasteiger partial charge in [-0.25, -0.2) is 0 Å². The van der Waals surface area contributed by atoms with Crippen molar-refractivity contribution >= 4 is 11.6 Å². The maximum absolute atomic E-state index is 12.5. The van der Waals surface area contributed by atoms with Crippen LogP contribution in [-0.2, 0) is 4.79 Å². The topological polar surface area (TPSA) is 42.0 Å². The number of anilines is 1. The molecule has 1 amide bonds. The number of nitrogens with zero attached hydrogens (tertiary/aromatic N) is 2. The molecule has 4 rings (SSSR count). The summed E-state index contributed by atoms with van der Waals surface area (Å²) < 4.78 is 11.0. The van der Waals surface area contributed by atoms with Gasteiger partial charge in [0.15, 0.2) is 11.5 Å². The van der Waals surface area contributed by atoms with Crippen LogP contribution in [0.25, 0.3) is 0 Å². The molecule has 0 radical (unpaired) electrons. The summed E-state index contributed by atoms with van der Waals surface area (Å²) in [5.74, 6) is 1.95. The number of carbonyl (C=O) groups excluding carboxylic acids is 1. The summed E-state index contributed by atoms with van der Waals surface area (Å²) in [5.41, 5.74) is 2.32. The number of carbonyl (C=O) groups is 1. The lowest BCUT2D eigenvalue weighted by Crippen LogP contribution is -2.35. The van der Waals surface area contributed by atoms with Crippen LogP contribution in [0.15, 0.2) is 60.7 Å². The van der Waals surface area contributed by atoms with E-state index in [1.807, 2.05) is 23.1 Å². The molecule has 0 aliphatic carbocycles. The Morgan fingerprint density at radius 2 is 1.83 bits per heavy atom. The van der Waals surface area contributed by atoms with E-state index < -0.39 is 0 Å². The molecule has 2 aromatic carbocycles. The van der Waals surface area contributed by atoms with Crippen molar-refractivity contribution in [2.75, 3.05) is 38.4 Å². The third kappa shape index (κ3) is 4.96. The third-order valence-corrected chi connectivity index (χ3v) is 5.86. The first-order chi connectivity index (χ1) is 14.7. The van der Waals surface area contributed by atoms with Crippen molar-refractivity contribution in [3.05, 3.63) is 66.2 Å². The van der Waals surface area contributed by atoms with E-state index in [2.05, 4.69) is 54.4 Å². The fraction of sp³-hybridized carbons (Fsp3) is 0.400. The molecule has 5 heteroatoms. The van der Waals surface area contributed by atoms with Crippen molar-refractivity contribution in [3.63, 3.8) is 0 Å². The maximum Gasteiger partial charge on any atom is 0.231 e. The van der Waals surface area contributed by atoms with Gasteiger partial charge in [0.05, 0.1) is 0 Å². The summed E-state index contributed by atoms with van der Waals surface area (Å²) >= 11 is 0. The highest BCUT2D eigenvalue weighted by atomic mass is 16.7. The van der Waals surface area contributed by atoms with E-state index in [-0.39, 0.29) is 18.6 Å². The molecule has 0 unspecified atom stereocenters. The molecule has 0 bridgehead atoms. The largest absolute Gasteiger partial charge is 0.454 e. The lowest BCUT2D eigenvalue weighted by molar-refractivity contribution is -0.131. The van der Waals surface area contributed by atoms with Gasteiger partial charge >= 0.3 is 0 Å². The number of benzene rings is 2. The van der Waals surface area contributed by atoms with Crippen molar-refractivity contribution in [2.45, 2.75) is 31.6 Å². The molecule has 0 spiro atoms. The molecule has 1 fully saturated rings. The standard InChI is InChI=1S/C25H30N2O3/c1-26(22-10-4-2-5-11-22)18-21(20-13-14-23-24(17-20)30-19-29-23)9-8-12-25(28)27-15-6-3-7-16-27/h2,4-5,8-11,13-14,17,21H,3,6-7,12,15-16,18-19H2,1H3/b9-8+/t21-/m1/s1. The number of hydrogen-bond acceptors (Lipinski definition) is 4. The van der Waals surface area contributed by atoms with E-state index in [0.29, 0.717) is 6.42 Å². The van der Waals surface area contributed by atoms with Crippen molar-refractivity contribution in [3.8, 4) is 11.5 Å². The fourth-order valence-electron chi connectivity index (χ4n) is 4.11. The zero-order chi connectivity index (χ0) is 20.8. The van der Waals surface area contributed by atoms with Crippen LogP contribution in [-0.4, -0.2) is 44.3 Å². The van der Waals surface area contributed by atoms with Crippen molar-refractivity contribution < 1.29 is 14.3 Å². The van der Waals surface area contributed by atoms with Crippen molar-refractivity contribution in [1.29, 1.82) is 0 Å². The first kappa shape index (κ1) is 20.3. The van der Waals surface area contributed by atoms with Gasteiger partial charge in [0.2, 0.25) is 12.7 Å². The van der Waals surface area contributed by atoms with Gasteiger partial charge in [-0.3, -0.25) is 4.79 Å². The van der Waals surface area contributed by atoms with Crippen LogP contribution in [0.4, 0.5) is 5.69 Å². The molecule has 158 valence electrons. The fourth-order valence-corrected chi connectivity index (χ4v) is 4.11. The van der Waals surface area contributed by atoms with Gasteiger partial charge in [-0.15, -0.1) is 0 Å². The molecule has 2 aromatic rings. The molecule has 1 atom stereocenters. The Balaban J connectivity index is 1.48. The summed E-state index contributed by atoms with van der Waals surface area (Å²) in [6.07, 6.45) is 8.13. The molecule has 2 aliphatic heterocycles. The number of likely N-dealkylation sites (N-methyl/N-ethyl adjacent to an activating group) is 1. The second-order valence-electron chi connectivity index (χ2n) is 8.01. The molecular weight excluding hydrogens is 376 g/mol. The van der Waals surface area contributed by atoms with Gasteiger partial charge in [0, 0.05) is 44.7 Å². The summed E-state index contributed by atoms with van der Waals surface area (Å²) in [7, 11) is 2.10. The number of likely N-dealkylation sites (tertiary alicyclic amines) is 1. The SMILES string of the molecule is CN(C[C@@H](/C=C/CC(=O)N1CCCCC1)c1ccc2c(c1)OCO2)c1ccccc1. The Kier molecular flexibility index (Phi) is 6.57. The molecule has 1 saturated heterocycles. The number of rotatable bonds is 7. The highest BCUT2D eigenvalue weighted by Crippen LogP contribution is 2.35. The number of fused-ring (bicyclic) bond motifs is 1. The average Bonchev–Trinajstić information content (AvgIpc) is 3.27. The highest BCUT2D eigenvalue weighted by molar-refractivity contribution is 5.77. The van der Waals surface area contributed by atoms with Crippen LogP contribution in [0.2, 0.25) is 0 Å². The Morgan fingerprint density at radius 1 is 1.07 bits per heavy atom. The predicted molar refractivity (Wildman–Crippen MR) is 119 cm³/mol. The summed E-state index contributed by atoms with van der Waals surface area (Å²) in [6.45, 7) is 2.87. The minimum Gasteiger partial charge on any atom is -0.454 e. The predicted octanol–water partition coefficient (Wildman–Crippen LogP) is 4.59. The van der Waals surface area contributed by atoms with E-state index in [4.69, 9.17) is 9.47 Å². The molecule has 0 saturated carbocycles. The summed E-state index contributed by atoms with van der Waals surface area (Å²) in [6, 6.07) is 16.5. The van der Waals surface area contributed by atoms with E-state index >= 15 is 0 Å². The molecule has 2 aliphatic rings. The van der Waals surface area contributed by atoms with Gasteiger partial charge in [-0.1, -0.05) is 36.4 Å². The monoisotopic (exact) mass is 406 g/mol. The zero-order valence-electron chi connectivity index (χ0n) is 17.6. The summed E-state index contributed by atoms with van der Waals surface area (Å²) in [5, 5.41) is 0. The van der Waals surface area contributed by atoms with Crippen LogP contribution < -0.4 is 14.4 Å². The van der Waals surface area contributed by atoms with E-state index in [1.54, 1.807) is 0 Å². The first-order valence-corrected chi connectivity index (χ1v) is 10.8. The van der Waals surface area contributed by atoms with Crippen LogP contribution in [0.5, 0.6) is 11.5 Å². The van der Waals surface area contributed by atoms with Gasteiger partial charge in [-0.2, -0.15) is 0 Å². The number of piperidine rings is 1. The van der Waals surface area contributed by atoms with Crippen LogP contribution >= 0.6 is 0 Å². The lowest BCUT2D eigenvalue weighted by Gasteiger charge is -2.26. The number of hydrogen-bond donors (Lipinski definition) is 0. The first-order valence-electron chi connectivity index (χ1n) is 10.8. The molecular formula is C25H30N2O3. The van der Waals surface area contributed by atoms with E-state index in [1.165, 1.54) is 12.1 Å². The normalized spacial score (nSPS) is 16.6. The average molecular weight is 407 g/mol. The van der Waals surface area contributed by atoms with Crippen LogP contribution in [0.3, 0.4) is 0 Å². The Morgan fingerprint density at radius 3 is 2.63 bits per heavy atom. The molecule has 0 N–H and O–H groups in total. The van der Waals surface area contributed by atoms with Crippen LogP contribution in [0.1, 0.15) is 37.2 Å². The van der Waals surface area contributed by atoms with Crippen LogP contribution in [0, 0.1) is 0 Å². The van der Waals surface area contributed by atoms with Gasteiger partial charge in [0.1, 0.15) is 0 Å². The highest BCUT2D eigenvalue weighted by Gasteiger charge is 2.19. The van der Waals surface area contributed by atoms with Gasteiger partial charge in [0.25, 0.3) is 0 Å². The van der Waals surface area contributed by atoms with Crippen molar-refractivity contribution in [1.82, 2.24) is 4.90 Å². The lowest BCUT2D eigenvalue weighted by atomic mass is 9.96. The second kappa shape index (κ2) is 9.70. The van der Waals surface area contributed by atoms with Gasteiger partial charge in [-0.05, 0) is 49.1 Å². The number of ether oxygens (including phenoxy) is 2. The van der Waals surface area contributed by atoms with E-state index in [9.17, 15) is 4.79 Å². The molecule has 5 nitrogen and oxygen atoms in total. The summed E-state index contributed by atoms with van der Waals surface area (Å²) in [4.78, 5) is 16.8.